The largest absolute Gasteiger partial charge is 0.464 e. The minimum Gasteiger partial charge on any atom is -0.464 e. The number of rotatable bonds is 6. The van der Waals surface area contributed by atoms with Crippen LogP contribution in [0.2, 0.25) is 0 Å². The molecular formula is C9H15F3N2O3. The number of ether oxygens (including phenoxy) is 1. The minimum absolute atomic E-state index is 0.0773. The van der Waals surface area contributed by atoms with Crippen molar-refractivity contribution >= 4 is 11.9 Å². The van der Waals surface area contributed by atoms with Crippen LogP contribution in [0.1, 0.15) is 19.8 Å². The van der Waals surface area contributed by atoms with Gasteiger partial charge in [0.15, 0.2) is 6.04 Å². The third kappa shape index (κ3) is 7.56. The Hall–Kier alpha value is -1.31. The number of halogens is 3. The number of hydrogen-bond donors (Lipinski definition) is 2. The van der Waals surface area contributed by atoms with Crippen molar-refractivity contribution in [3.8, 4) is 0 Å². The van der Waals surface area contributed by atoms with Gasteiger partial charge in [0, 0.05) is 13.0 Å². The maximum Gasteiger partial charge on any atom is 0.389 e. The summed E-state index contributed by atoms with van der Waals surface area (Å²) >= 11 is 0. The van der Waals surface area contributed by atoms with Crippen LogP contribution in [-0.4, -0.2) is 37.2 Å². The molecule has 0 rings (SSSR count). The molecule has 100 valence electrons. The van der Waals surface area contributed by atoms with Crippen LogP contribution in [0.3, 0.4) is 0 Å². The number of carbonyl (C=O) groups is 2. The van der Waals surface area contributed by atoms with Gasteiger partial charge in [0.05, 0.1) is 6.61 Å². The maximum absolute atomic E-state index is 11.8. The highest BCUT2D eigenvalue weighted by Crippen LogP contribution is 2.20. The lowest BCUT2D eigenvalue weighted by Crippen LogP contribution is -2.47. The zero-order valence-corrected chi connectivity index (χ0v) is 9.34. The van der Waals surface area contributed by atoms with E-state index in [9.17, 15) is 22.8 Å². The fourth-order valence-electron chi connectivity index (χ4n) is 0.949. The van der Waals surface area contributed by atoms with Crippen molar-refractivity contribution in [2.75, 3.05) is 13.2 Å². The molecule has 0 heterocycles. The zero-order chi connectivity index (χ0) is 13.5. The van der Waals surface area contributed by atoms with Crippen LogP contribution < -0.4 is 11.1 Å². The summed E-state index contributed by atoms with van der Waals surface area (Å²) in [6.45, 7) is 1.44. The normalized spacial score (nSPS) is 13.0. The number of hydrogen-bond acceptors (Lipinski definition) is 4. The molecule has 1 amide bonds. The summed E-state index contributed by atoms with van der Waals surface area (Å²) in [5.41, 5.74) is 5.21. The van der Waals surface area contributed by atoms with E-state index in [0.717, 1.165) is 0 Å². The number of esters is 1. The predicted octanol–water partition coefficient (Wildman–Crippen LogP) is 0.335. The third-order valence-corrected chi connectivity index (χ3v) is 1.76. The topological polar surface area (TPSA) is 81.4 Å². The fraction of sp³-hybridized carbons (Fsp3) is 0.778. The first-order chi connectivity index (χ1) is 7.78. The molecule has 0 bridgehead atoms. The van der Waals surface area contributed by atoms with Crippen molar-refractivity contribution in [3.05, 3.63) is 0 Å². The summed E-state index contributed by atoms with van der Waals surface area (Å²) in [6, 6.07) is -1.50. The standard InChI is InChI=1S/C9H15F3N2O3/c1-2-17-8(16)6(13)7(15)14-5-3-4-9(10,11)12/h6H,2-5,13H2,1H3,(H,14,15). The Balaban J connectivity index is 3.83. The summed E-state index contributed by atoms with van der Waals surface area (Å²) in [4.78, 5) is 22.2. The van der Waals surface area contributed by atoms with E-state index in [1.807, 2.05) is 0 Å². The van der Waals surface area contributed by atoms with Crippen LogP contribution in [0.5, 0.6) is 0 Å². The van der Waals surface area contributed by atoms with Crippen LogP contribution in [0, 0.1) is 0 Å². The highest BCUT2D eigenvalue weighted by molar-refractivity contribution is 6.01. The molecule has 1 unspecified atom stereocenters. The number of carbonyl (C=O) groups excluding carboxylic acids is 2. The van der Waals surface area contributed by atoms with Crippen LogP contribution in [0.4, 0.5) is 13.2 Å². The second-order valence-corrected chi connectivity index (χ2v) is 3.24. The molecule has 8 heteroatoms. The molecule has 0 fully saturated rings. The van der Waals surface area contributed by atoms with Gasteiger partial charge in [-0.3, -0.25) is 4.79 Å². The summed E-state index contributed by atoms with van der Waals surface area (Å²) < 4.78 is 39.7. The molecule has 5 nitrogen and oxygen atoms in total. The van der Waals surface area contributed by atoms with E-state index in [1.165, 1.54) is 0 Å². The molecule has 0 spiro atoms. The molecule has 0 aliphatic rings. The van der Waals surface area contributed by atoms with Crippen molar-refractivity contribution in [1.82, 2.24) is 5.32 Å². The molecule has 0 saturated carbocycles. The van der Waals surface area contributed by atoms with Crippen LogP contribution in [0.25, 0.3) is 0 Å². The lowest BCUT2D eigenvalue weighted by Gasteiger charge is -2.11. The number of alkyl halides is 3. The first-order valence-electron chi connectivity index (χ1n) is 5.04. The summed E-state index contributed by atoms with van der Waals surface area (Å²) in [6.07, 6.45) is -5.51. The number of nitrogens with two attached hydrogens (primary N) is 1. The SMILES string of the molecule is CCOC(=O)C(N)C(=O)NCCCC(F)(F)F. The van der Waals surface area contributed by atoms with Gasteiger partial charge in [-0.05, 0) is 13.3 Å². The van der Waals surface area contributed by atoms with Gasteiger partial charge in [-0.1, -0.05) is 0 Å². The van der Waals surface area contributed by atoms with Gasteiger partial charge in [-0.15, -0.1) is 0 Å². The van der Waals surface area contributed by atoms with Gasteiger partial charge in [0.25, 0.3) is 0 Å². The fourth-order valence-corrected chi connectivity index (χ4v) is 0.949. The first kappa shape index (κ1) is 15.7. The average Bonchev–Trinajstić information content (AvgIpc) is 2.22. The van der Waals surface area contributed by atoms with Crippen molar-refractivity contribution in [3.63, 3.8) is 0 Å². The molecule has 0 aromatic carbocycles. The smallest absolute Gasteiger partial charge is 0.389 e. The summed E-state index contributed by atoms with van der Waals surface area (Å²) in [7, 11) is 0. The Labute approximate surface area is 96.5 Å². The lowest BCUT2D eigenvalue weighted by atomic mass is 10.2. The van der Waals surface area contributed by atoms with Gasteiger partial charge in [0.1, 0.15) is 0 Å². The molecule has 0 aromatic rings. The van der Waals surface area contributed by atoms with Gasteiger partial charge in [-0.2, -0.15) is 13.2 Å². The van der Waals surface area contributed by atoms with Gasteiger partial charge in [-0.25, -0.2) is 4.79 Å². The summed E-state index contributed by atoms with van der Waals surface area (Å²) in [5, 5.41) is 2.13. The zero-order valence-electron chi connectivity index (χ0n) is 9.34. The van der Waals surface area contributed by atoms with Gasteiger partial charge < -0.3 is 15.8 Å². The quantitative estimate of drug-likeness (QED) is 0.408. The summed E-state index contributed by atoms with van der Waals surface area (Å²) in [5.74, 6) is -1.74. The minimum atomic E-state index is -4.26. The van der Waals surface area contributed by atoms with E-state index in [-0.39, 0.29) is 19.6 Å². The second-order valence-electron chi connectivity index (χ2n) is 3.24. The Morgan fingerprint density at radius 2 is 2.00 bits per heavy atom. The van der Waals surface area contributed by atoms with E-state index in [0.29, 0.717) is 0 Å². The van der Waals surface area contributed by atoms with Crippen molar-refractivity contribution in [2.45, 2.75) is 32.0 Å². The maximum atomic E-state index is 11.8. The molecular weight excluding hydrogens is 241 g/mol. The molecule has 3 N–H and O–H groups in total. The lowest BCUT2D eigenvalue weighted by molar-refractivity contribution is -0.148. The monoisotopic (exact) mass is 256 g/mol. The highest BCUT2D eigenvalue weighted by Gasteiger charge is 2.27. The number of amides is 1. The molecule has 0 aliphatic heterocycles. The second kappa shape index (κ2) is 7.10. The molecule has 0 radical (unpaired) electrons. The van der Waals surface area contributed by atoms with E-state index >= 15 is 0 Å². The Morgan fingerprint density at radius 1 is 1.41 bits per heavy atom. The van der Waals surface area contributed by atoms with Crippen LogP contribution >= 0.6 is 0 Å². The Morgan fingerprint density at radius 3 is 2.47 bits per heavy atom. The van der Waals surface area contributed by atoms with Crippen LogP contribution in [0.15, 0.2) is 0 Å². The van der Waals surface area contributed by atoms with E-state index in [4.69, 9.17) is 5.73 Å². The van der Waals surface area contributed by atoms with Crippen molar-refractivity contribution in [1.29, 1.82) is 0 Å². The van der Waals surface area contributed by atoms with Crippen LogP contribution in [-0.2, 0) is 14.3 Å². The molecule has 1 atom stereocenters. The van der Waals surface area contributed by atoms with Crippen molar-refractivity contribution in [2.24, 2.45) is 5.73 Å². The molecule has 0 saturated heterocycles. The molecule has 0 aromatic heterocycles. The van der Waals surface area contributed by atoms with E-state index in [2.05, 4.69) is 10.1 Å². The molecule has 0 aliphatic carbocycles. The Bertz CT molecular complexity index is 269. The highest BCUT2D eigenvalue weighted by atomic mass is 19.4. The van der Waals surface area contributed by atoms with E-state index in [1.54, 1.807) is 6.92 Å². The van der Waals surface area contributed by atoms with E-state index < -0.39 is 30.5 Å². The first-order valence-corrected chi connectivity index (χ1v) is 5.04. The molecule has 17 heavy (non-hydrogen) atoms. The van der Waals surface area contributed by atoms with Gasteiger partial charge >= 0.3 is 12.1 Å². The Kier molecular flexibility index (Phi) is 6.55. The van der Waals surface area contributed by atoms with Crippen molar-refractivity contribution < 1.29 is 27.5 Å². The average molecular weight is 256 g/mol. The third-order valence-electron chi connectivity index (χ3n) is 1.76. The van der Waals surface area contributed by atoms with Gasteiger partial charge in [0.2, 0.25) is 5.91 Å². The predicted molar refractivity (Wildman–Crippen MR) is 52.9 cm³/mol. The number of nitrogens with one attached hydrogen (secondary N) is 1.